The molecular weight excluding hydrogens is 678 g/mol. The molecule has 0 aliphatic heterocycles. The van der Waals surface area contributed by atoms with Crippen molar-refractivity contribution in [3.63, 3.8) is 0 Å². The summed E-state index contributed by atoms with van der Waals surface area (Å²) in [4.78, 5) is 21.6. The van der Waals surface area contributed by atoms with Crippen LogP contribution >= 0.6 is 112 Å². The third kappa shape index (κ3) is 14.9. The van der Waals surface area contributed by atoms with Gasteiger partial charge in [-0.2, -0.15) is 0 Å². The molecule has 3 rings (SSSR count). The Bertz CT molecular complexity index is 996. The fourth-order valence-electron chi connectivity index (χ4n) is 1.60. The van der Waals surface area contributed by atoms with Crippen LogP contribution in [0, 0.1) is 0 Å². The molecule has 0 bridgehead atoms. The molecule has 3 aromatic rings. The second-order valence-electron chi connectivity index (χ2n) is 5.67. The molecule has 0 aromatic heterocycles. The SMILES string of the molecule is O=P(O)(O)O.Oc1c(Cl)cc(Cl)cc1Cl.Oc1c(Cl)cc(Cl)cc1Cl.Oc1c(Cl)cc(Cl)cc1Cl. The Morgan fingerprint density at radius 2 is 0.543 bits per heavy atom. The van der Waals surface area contributed by atoms with Crippen molar-refractivity contribution in [2.45, 2.75) is 0 Å². The van der Waals surface area contributed by atoms with Crippen molar-refractivity contribution in [2.24, 2.45) is 0 Å². The van der Waals surface area contributed by atoms with Crippen molar-refractivity contribution in [1.29, 1.82) is 0 Å². The Labute approximate surface area is 244 Å². The molecule has 3 aromatic carbocycles. The summed E-state index contributed by atoms with van der Waals surface area (Å²) in [6, 6.07) is 8.53. The molecule has 0 saturated carbocycles. The van der Waals surface area contributed by atoms with Crippen molar-refractivity contribution in [2.75, 3.05) is 0 Å². The highest BCUT2D eigenvalue weighted by Crippen LogP contribution is 2.35. The molecule has 6 N–H and O–H groups in total. The van der Waals surface area contributed by atoms with Crippen LogP contribution in [0.2, 0.25) is 45.2 Å². The molecule has 194 valence electrons. The fraction of sp³-hybridized carbons (Fsp3) is 0. The first-order valence-electron chi connectivity index (χ1n) is 8.12. The van der Waals surface area contributed by atoms with Gasteiger partial charge < -0.3 is 30.0 Å². The molecule has 0 heterocycles. The normalized spacial score (nSPS) is 10.2. The van der Waals surface area contributed by atoms with Crippen LogP contribution in [0.3, 0.4) is 0 Å². The molecule has 0 spiro atoms. The zero-order chi connectivity index (χ0) is 27.7. The molecule has 0 atom stereocenters. The van der Waals surface area contributed by atoms with E-state index in [1.165, 1.54) is 36.4 Å². The van der Waals surface area contributed by atoms with Gasteiger partial charge in [0.15, 0.2) is 17.2 Å². The molecule has 0 aliphatic carbocycles. The van der Waals surface area contributed by atoms with E-state index in [2.05, 4.69) is 0 Å². The summed E-state index contributed by atoms with van der Waals surface area (Å²) in [5, 5.41) is 29.2. The Hall–Kier alpha value is -0.220. The van der Waals surface area contributed by atoms with E-state index in [1.807, 2.05) is 0 Å². The third-order valence-corrected chi connectivity index (χ3v) is 5.33. The maximum atomic E-state index is 9.01. The summed E-state index contributed by atoms with van der Waals surface area (Å²) in [6.07, 6.45) is 0. The molecule has 35 heavy (non-hydrogen) atoms. The van der Waals surface area contributed by atoms with Crippen LogP contribution in [0.4, 0.5) is 0 Å². The molecule has 0 aliphatic rings. The minimum Gasteiger partial charge on any atom is -0.505 e. The van der Waals surface area contributed by atoms with E-state index in [0.717, 1.165) is 0 Å². The molecule has 17 heteroatoms. The van der Waals surface area contributed by atoms with E-state index in [0.29, 0.717) is 15.1 Å². The number of hydrogen-bond donors (Lipinski definition) is 6. The van der Waals surface area contributed by atoms with Crippen molar-refractivity contribution in [3.05, 3.63) is 81.6 Å². The number of phosphoric acid groups is 1. The predicted molar refractivity (Wildman–Crippen MR) is 144 cm³/mol. The van der Waals surface area contributed by atoms with Gasteiger partial charge >= 0.3 is 7.82 Å². The monoisotopic (exact) mass is 686 g/mol. The number of phenolic OH excluding ortho intramolecular Hbond substituents is 3. The van der Waals surface area contributed by atoms with Gasteiger partial charge in [0.1, 0.15) is 0 Å². The van der Waals surface area contributed by atoms with Gasteiger partial charge in [-0.1, -0.05) is 104 Å². The van der Waals surface area contributed by atoms with Crippen molar-refractivity contribution in [1.82, 2.24) is 0 Å². The highest BCUT2D eigenvalue weighted by Gasteiger charge is 2.05. The Morgan fingerprint density at radius 1 is 0.429 bits per heavy atom. The quantitative estimate of drug-likeness (QED) is 0.129. The van der Waals surface area contributed by atoms with Crippen LogP contribution in [0.5, 0.6) is 17.2 Å². The third-order valence-electron chi connectivity index (χ3n) is 2.94. The molecule has 0 saturated heterocycles. The lowest BCUT2D eigenvalue weighted by molar-refractivity contribution is 0.275. The van der Waals surface area contributed by atoms with Gasteiger partial charge in [-0.15, -0.1) is 0 Å². The van der Waals surface area contributed by atoms with E-state index in [-0.39, 0.29) is 47.4 Å². The molecule has 0 radical (unpaired) electrons. The molecular formula is C18H12Cl9O7P. The van der Waals surface area contributed by atoms with Crippen LogP contribution in [0.15, 0.2) is 36.4 Å². The lowest BCUT2D eigenvalue weighted by atomic mass is 10.3. The minimum atomic E-state index is -4.64. The number of hydrogen-bond acceptors (Lipinski definition) is 4. The topological polar surface area (TPSA) is 138 Å². The highest BCUT2D eigenvalue weighted by atomic mass is 35.5. The van der Waals surface area contributed by atoms with Gasteiger partial charge in [-0.25, -0.2) is 4.57 Å². The average Bonchev–Trinajstić information content (AvgIpc) is 2.68. The lowest BCUT2D eigenvalue weighted by Crippen LogP contribution is -1.70. The van der Waals surface area contributed by atoms with Crippen LogP contribution in [-0.2, 0) is 4.57 Å². The van der Waals surface area contributed by atoms with Crippen molar-refractivity contribution in [3.8, 4) is 17.2 Å². The van der Waals surface area contributed by atoms with E-state index >= 15 is 0 Å². The van der Waals surface area contributed by atoms with Gasteiger partial charge in [0.2, 0.25) is 0 Å². The number of aromatic hydroxyl groups is 3. The average molecular weight is 690 g/mol. The number of benzene rings is 3. The summed E-state index contributed by atoms with van der Waals surface area (Å²) in [5.41, 5.74) is 0. The van der Waals surface area contributed by atoms with E-state index in [1.54, 1.807) is 0 Å². The second kappa shape index (κ2) is 15.9. The summed E-state index contributed by atoms with van der Waals surface area (Å²) in [5.74, 6) is -0.395. The summed E-state index contributed by atoms with van der Waals surface area (Å²) in [7, 11) is -4.64. The van der Waals surface area contributed by atoms with E-state index in [9.17, 15) is 0 Å². The molecule has 0 amide bonds. The Balaban J connectivity index is 0.000000453. The van der Waals surface area contributed by atoms with Crippen LogP contribution in [-0.4, -0.2) is 30.0 Å². The largest absolute Gasteiger partial charge is 0.505 e. The zero-order valence-corrected chi connectivity index (χ0v) is 24.1. The van der Waals surface area contributed by atoms with Gasteiger partial charge in [-0.05, 0) is 36.4 Å². The van der Waals surface area contributed by atoms with Crippen LogP contribution in [0.1, 0.15) is 0 Å². The summed E-state index contributed by atoms with van der Waals surface area (Å²) < 4.78 is 8.88. The second-order valence-corrected chi connectivity index (χ2v) is 10.4. The van der Waals surface area contributed by atoms with Gasteiger partial charge in [0, 0.05) is 15.1 Å². The zero-order valence-electron chi connectivity index (χ0n) is 16.4. The first kappa shape index (κ1) is 34.8. The number of phenols is 3. The van der Waals surface area contributed by atoms with Crippen LogP contribution < -0.4 is 0 Å². The Morgan fingerprint density at radius 3 is 0.657 bits per heavy atom. The first-order valence-corrected chi connectivity index (χ1v) is 13.1. The standard InChI is InChI=1S/3C6H3Cl3O.H3O4P/c3*7-3-1-4(8)6(10)5(9)2-3;1-5(2,3)4/h3*1-2,10H;(H3,1,2,3,4). The highest BCUT2D eigenvalue weighted by molar-refractivity contribution is 7.45. The fourth-order valence-corrected chi connectivity index (χ4v) is 4.05. The van der Waals surface area contributed by atoms with Gasteiger partial charge in [-0.3, -0.25) is 0 Å². The predicted octanol–water partition coefficient (Wildman–Crippen LogP) is 9.13. The maximum Gasteiger partial charge on any atom is 0.466 e. The minimum absolute atomic E-state index is 0.132. The number of rotatable bonds is 0. The van der Waals surface area contributed by atoms with Gasteiger partial charge in [0.25, 0.3) is 0 Å². The molecule has 7 nitrogen and oxygen atoms in total. The van der Waals surface area contributed by atoms with Crippen LogP contribution in [0.25, 0.3) is 0 Å². The lowest BCUT2D eigenvalue weighted by Gasteiger charge is -1.98. The Kier molecular flexibility index (Phi) is 15.8. The van der Waals surface area contributed by atoms with Gasteiger partial charge in [0.05, 0.1) is 30.1 Å². The maximum absolute atomic E-state index is 9.01. The van der Waals surface area contributed by atoms with Crippen molar-refractivity contribution >= 4 is 112 Å². The van der Waals surface area contributed by atoms with E-state index < -0.39 is 7.82 Å². The van der Waals surface area contributed by atoms with Crippen molar-refractivity contribution < 1.29 is 34.6 Å². The number of halogens is 9. The first-order chi connectivity index (χ1) is 15.8. The summed E-state index contributed by atoms with van der Waals surface area (Å²) >= 11 is 49.6. The smallest absolute Gasteiger partial charge is 0.466 e. The summed E-state index contributed by atoms with van der Waals surface area (Å²) in [6.45, 7) is 0. The molecule has 0 fully saturated rings. The van der Waals surface area contributed by atoms with E-state index in [4.69, 9.17) is 139 Å². The molecule has 0 unspecified atom stereocenters.